The molecule has 3 rings (SSSR count). The lowest BCUT2D eigenvalue weighted by Crippen LogP contribution is -1.97. The highest BCUT2D eigenvalue weighted by atomic mass is 35.5. The summed E-state index contributed by atoms with van der Waals surface area (Å²) in [7, 11) is 1.81. The van der Waals surface area contributed by atoms with Crippen LogP contribution < -0.4 is 4.74 Å². The van der Waals surface area contributed by atoms with E-state index in [1.807, 2.05) is 38.2 Å². The Bertz CT molecular complexity index is 853. The fourth-order valence-electron chi connectivity index (χ4n) is 1.96. The van der Waals surface area contributed by atoms with Gasteiger partial charge in [-0.25, -0.2) is 9.67 Å². The molecule has 0 saturated heterocycles. The van der Waals surface area contributed by atoms with Gasteiger partial charge in [-0.3, -0.25) is 0 Å². The molecule has 0 fully saturated rings. The molecular formula is C15H12Cl2N4OS. The van der Waals surface area contributed by atoms with Crippen molar-refractivity contribution in [2.24, 2.45) is 7.05 Å². The van der Waals surface area contributed by atoms with Crippen molar-refractivity contribution < 1.29 is 4.74 Å². The van der Waals surface area contributed by atoms with Gasteiger partial charge in [-0.05, 0) is 30.7 Å². The topological polar surface area (TPSA) is 52.8 Å². The molecule has 1 aromatic carbocycles. The van der Waals surface area contributed by atoms with E-state index in [1.165, 1.54) is 18.0 Å². The molecule has 0 N–H and O–H groups in total. The Balaban J connectivity index is 1.96. The predicted octanol–water partition coefficient (Wildman–Crippen LogP) is 4.77. The third kappa shape index (κ3) is 3.60. The van der Waals surface area contributed by atoms with E-state index in [0.29, 0.717) is 16.8 Å². The van der Waals surface area contributed by atoms with Crippen LogP contribution in [0.5, 0.6) is 11.8 Å². The summed E-state index contributed by atoms with van der Waals surface area (Å²) in [4.78, 5) is 9.68. The Morgan fingerprint density at radius 1 is 1.17 bits per heavy atom. The summed E-state index contributed by atoms with van der Waals surface area (Å²) >= 11 is 13.5. The number of rotatable bonds is 4. The van der Waals surface area contributed by atoms with E-state index in [-0.39, 0.29) is 5.28 Å². The molecule has 0 saturated carbocycles. The number of aryl methyl sites for hydroxylation is 2. The van der Waals surface area contributed by atoms with E-state index in [4.69, 9.17) is 27.9 Å². The van der Waals surface area contributed by atoms with E-state index < -0.39 is 0 Å². The van der Waals surface area contributed by atoms with Crippen LogP contribution >= 0.6 is 35.0 Å². The number of ether oxygens (including phenoxy) is 1. The van der Waals surface area contributed by atoms with Crippen LogP contribution in [0.2, 0.25) is 10.3 Å². The lowest BCUT2D eigenvalue weighted by molar-refractivity contribution is 0.406. The molecule has 0 aliphatic carbocycles. The molecule has 3 aromatic rings. The first-order valence-corrected chi connectivity index (χ1v) is 8.24. The third-order valence-electron chi connectivity index (χ3n) is 2.97. The largest absolute Gasteiger partial charge is 0.420 e. The molecule has 5 nitrogen and oxygen atoms in total. The lowest BCUT2D eigenvalue weighted by atomic mass is 10.4. The molecule has 2 aromatic heterocycles. The Hall–Kier alpha value is -1.76. The minimum absolute atomic E-state index is 0.127. The van der Waals surface area contributed by atoms with Crippen molar-refractivity contribution in [1.82, 2.24) is 19.7 Å². The SMILES string of the molecule is Cc1nn(C)c(Oc2ccnc(Cl)n2)c1Sc1ccccc1Cl. The minimum atomic E-state index is 0.127. The van der Waals surface area contributed by atoms with Crippen LogP contribution in [0.3, 0.4) is 0 Å². The van der Waals surface area contributed by atoms with Gasteiger partial charge in [-0.2, -0.15) is 10.1 Å². The summed E-state index contributed by atoms with van der Waals surface area (Å²) in [5, 5.41) is 5.21. The Labute approximate surface area is 147 Å². The number of benzene rings is 1. The molecule has 0 amide bonds. The zero-order valence-electron chi connectivity index (χ0n) is 12.3. The quantitative estimate of drug-likeness (QED) is 0.622. The van der Waals surface area contributed by atoms with Gasteiger partial charge in [0.25, 0.3) is 0 Å². The maximum atomic E-state index is 6.24. The van der Waals surface area contributed by atoms with Gasteiger partial charge in [-0.15, -0.1) is 0 Å². The number of nitrogens with zero attached hydrogens (tertiary/aromatic N) is 4. The van der Waals surface area contributed by atoms with Crippen LogP contribution in [-0.4, -0.2) is 19.7 Å². The van der Waals surface area contributed by atoms with Gasteiger partial charge < -0.3 is 4.74 Å². The lowest BCUT2D eigenvalue weighted by Gasteiger charge is -2.08. The first-order chi connectivity index (χ1) is 11.0. The smallest absolute Gasteiger partial charge is 0.234 e. The van der Waals surface area contributed by atoms with Gasteiger partial charge in [0.1, 0.15) is 0 Å². The van der Waals surface area contributed by atoms with E-state index in [0.717, 1.165) is 15.5 Å². The molecule has 0 aliphatic heterocycles. The maximum Gasteiger partial charge on any atom is 0.234 e. The summed E-state index contributed by atoms with van der Waals surface area (Å²) in [6, 6.07) is 9.26. The van der Waals surface area contributed by atoms with Crippen LogP contribution in [0.1, 0.15) is 5.69 Å². The first-order valence-electron chi connectivity index (χ1n) is 6.67. The molecular weight excluding hydrogens is 355 g/mol. The van der Waals surface area contributed by atoms with E-state index in [2.05, 4.69) is 15.1 Å². The highest BCUT2D eigenvalue weighted by Crippen LogP contribution is 2.41. The van der Waals surface area contributed by atoms with Gasteiger partial charge >= 0.3 is 0 Å². The first kappa shape index (κ1) is 16.1. The molecule has 0 aliphatic rings. The molecule has 23 heavy (non-hydrogen) atoms. The number of halogens is 2. The summed E-state index contributed by atoms with van der Waals surface area (Å²) < 4.78 is 7.51. The van der Waals surface area contributed by atoms with Crippen LogP contribution in [0.4, 0.5) is 0 Å². The van der Waals surface area contributed by atoms with Crippen molar-refractivity contribution in [3.8, 4) is 11.8 Å². The molecule has 0 bridgehead atoms. The molecule has 118 valence electrons. The third-order valence-corrected chi connectivity index (χ3v) is 4.84. The van der Waals surface area contributed by atoms with Crippen molar-refractivity contribution in [3.05, 3.63) is 52.5 Å². The predicted molar refractivity (Wildman–Crippen MR) is 90.6 cm³/mol. The van der Waals surface area contributed by atoms with Crippen molar-refractivity contribution in [2.75, 3.05) is 0 Å². The molecule has 8 heteroatoms. The van der Waals surface area contributed by atoms with Crippen molar-refractivity contribution in [3.63, 3.8) is 0 Å². The summed E-state index contributed by atoms with van der Waals surface area (Å²) in [6.45, 7) is 1.92. The number of aromatic nitrogens is 4. The Kier molecular flexibility index (Phi) is 4.75. The van der Waals surface area contributed by atoms with Crippen LogP contribution in [0.15, 0.2) is 46.3 Å². The van der Waals surface area contributed by atoms with Crippen molar-refractivity contribution in [2.45, 2.75) is 16.7 Å². The van der Waals surface area contributed by atoms with Crippen LogP contribution in [0.25, 0.3) is 0 Å². The normalized spacial score (nSPS) is 10.8. The van der Waals surface area contributed by atoms with Crippen molar-refractivity contribution >= 4 is 35.0 Å². The zero-order valence-corrected chi connectivity index (χ0v) is 14.7. The summed E-state index contributed by atoms with van der Waals surface area (Å²) in [6.07, 6.45) is 1.54. The molecule has 0 unspecified atom stereocenters. The average molecular weight is 367 g/mol. The molecule has 0 spiro atoms. The fourth-order valence-corrected chi connectivity index (χ4v) is 3.33. The zero-order chi connectivity index (χ0) is 16.4. The highest BCUT2D eigenvalue weighted by molar-refractivity contribution is 7.99. The number of hydrogen-bond acceptors (Lipinski definition) is 5. The Morgan fingerprint density at radius 3 is 2.70 bits per heavy atom. The molecule has 0 radical (unpaired) electrons. The average Bonchev–Trinajstić information content (AvgIpc) is 2.76. The van der Waals surface area contributed by atoms with Gasteiger partial charge in [0.15, 0.2) is 0 Å². The van der Waals surface area contributed by atoms with Crippen LogP contribution in [-0.2, 0) is 7.05 Å². The summed E-state index contributed by atoms with van der Waals surface area (Å²) in [5.74, 6) is 0.927. The second kappa shape index (κ2) is 6.78. The standard InChI is InChI=1S/C15H12Cl2N4OS/c1-9-13(23-11-6-4-3-5-10(11)16)14(21(2)20-9)22-12-7-8-18-15(17)19-12/h3-8H,1-2H3. The highest BCUT2D eigenvalue weighted by Gasteiger charge is 2.18. The van der Waals surface area contributed by atoms with Crippen LogP contribution in [0, 0.1) is 6.92 Å². The van der Waals surface area contributed by atoms with E-state index in [9.17, 15) is 0 Å². The monoisotopic (exact) mass is 366 g/mol. The second-order valence-corrected chi connectivity index (χ2v) is 6.44. The molecule has 0 atom stereocenters. The van der Waals surface area contributed by atoms with Gasteiger partial charge in [0.05, 0.1) is 15.6 Å². The van der Waals surface area contributed by atoms with Gasteiger partial charge in [0, 0.05) is 24.2 Å². The summed E-state index contributed by atoms with van der Waals surface area (Å²) in [5.41, 5.74) is 0.840. The van der Waals surface area contributed by atoms with Gasteiger partial charge in [0.2, 0.25) is 17.0 Å². The fraction of sp³-hybridized carbons (Fsp3) is 0.133. The Morgan fingerprint density at radius 2 is 1.96 bits per heavy atom. The number of hydrogen-bond donors (Lipinski definition) is 0. The second-order valence-electron chi connectivity index (χ2n) is 4.64. The minimum Gasteiger partial charge on any atom is -0.420 e. The van der Waals surface area contributed by atoms with E-state index in [1.54, 1.807) is 10.7 Å². The van der Waals surface area contributed by atoms with Crippen molar-refractivity contribution in [1.29, 1.82) is 0 Å². The molecule has 2 heterocycles. The maximum absolute atomic E-state index is 6.24. The van der Waals surface area contributed by atoms with Gasteiger partial charge in [-0.1, -0.05) is 35.5 Å². The van der Waals surface area contributed by atoms with E-state index >= 15 is 0 Å².